The van der Waals surface area contributed by atoms with Gasteiger partial charge in [-0.2, -0.15) is 0 Å². The Bertz CT molecular complexity index is 899. The molecular weight excluding hydrogens is 348 g/mol. The van der Waals surface area contributed by atoms with Crippen LogP contribution in [-0.4, -0.2) is 8.07 Å². The Hall–Kier alpha value is -2.26. The van der Waals surface area contributed by atoms with E-state index in [4.69, 9.17) is 8.83 Å². The molecular formula is C24H28O2Si. The van der Waals surface area contributed by atoms with E-state index in [1.165, 1.54) is 22.3 Å². The highest BCUT2D eigenvalue weighted by Crippen LogP contribution is 2.49. The zero-order chi connectivity index (χ0) is 19.3. The second-order valence-corrected chi connectivity index (χ2v) is 12.7. The Morgan fingerprint density at radius 1 is 0.741 bits per heavy atom. The quantitative estimate of drug-likeness (QED) is 0.534. The van der Waals surface area contributed by atoms with Crippen molar-refractivity contribution < 1.29 is 8.83 Å². The summed E-state index contributed by atoms with van der Waals surface area (Å²) < 4.78 is 11.4. The lowest BCUT2D eigenvalue weighted by molar-refractivity contribution is 0.553. The van der Waals surface area contributed by atoms with Crippen molar-refractivity contribution in [3.05, 3.63) is 82.0 Å². The van der Waals surface area contributed by atoms with E-state index in [1.54, 1.807) is 22.9 Å². The van der Waals surface area contributed by atoms with Crippen molar-refractivity contribution in [3.63, 3.8) is 0 Å². The maximum absolute atomic E-state index is 5.71. The standard InChI is InChI=1S/C24H28O2Si/c1-15-13-19(21-9-7-11-25-21)17(3)23(15)27(5,6)24-16(2)14-20(18(24)4)22-10-8-12-26-22/h7-16H,1-6H3. The summed E-state index contributed by atoms with van der Waals surface area (Å²) in [6.45, 7) is 14.2. The first-order valence-electron chi connectivity index (χ1n) is 9.77. The zero-order valence-corrected chi connectivity index (χ0v) is 18.1. The molecule has 0 amide bonds. The van der Waals surface area contributed by atoms with Gasteiger partial charge >= 0.3 is 0 Å². The topological polar surface area (TPSA) is 26.3 Å². The number of furan rings is 2. The summed E-state index contributed by atoms with van der Waals surface area (Å²) >= 11 is 0. The van der Waals surface area contributed by atoms with Crippen LogP contribution in [0.4, 0.5) is 0 Å². The molecule has 0 N–H and O–H groups in total. The van der Waals surface area contributed by atoms with Gasteiger partial charge in [0.2, 0.25) is 0 Å². The van der Waals surface area contributed by atoms with E-state index in [0.29, 0.717) is 11.8 Å². The van der Waals surface area contributed by atoms with E-state index in [2.05, 4.69) is 65.1 Å². The Morgan fingerprint density at radius 3 is 1.48 bits per heavy atom. The highest BCUT2D eigenvalue weighted by Gasteiger charge is 2.42. The summed E-state index contributed by atoms with van der Waals surface area (Å²) in [6.07, 6.45) is 8.29. The minimum atomic E-state index is -1.83. The maximum Gasteiger partial charge on any atom is 0.133 e. The van der Waals surface area contributed by atoms with Crippen LogP contribution >= 0.6 is 0 Å². The van der Waals surface area contributed by atoms with Gasteiger partial charge in [0.05, 0.1) is 12.5 Å². The van der Waals surface area contributed by atoms with Gasteiger partial charge < -0.3 is 8.83 Å². The van der Waals surface area contributed by atoms with Crippen molar-refractivity contribution in [1.29, 1.82) is 0 Å². The SMILES string of the molecule is CC1=C([Si](C)(C)C2=C(C)C(c3ccco3)=CC2C)C(C)C=C1c1ccco1. The molecule has 0 fully saturated rings. The molecule has 2 atom stereocenters. The molecule has 0 bridgehead atoms. The molecule has 27 heavy (non-hydrogen) atoms. The Balaban J connectivity index is 1.78. The van der Waals surface area contributed by atoms with Crippen LogP contribution < -0.4 is 0 Å². The third-order valence-corrected chi connectivity index (χ3v) is 10.6. The van der Waals surface area contributed by atoms with Gasteiger partial charge in [-0.3, -0.25) is 0 Å². The molecule has 2 aromatic rings. The van der Waals surface area contributed by atoms with Crippen LogP contribution in [0.15, 0.2) is 79.3 Å². The fraction of sp³-hybridized carbons (Fsp3) is 0.333. The molecule has 2 unspecified atom stereocenters. The average molecular weight is 377 g/mol. The molecule has 140 valence electrons. The lowest BCUT2D eigenvalue weighted by atomic mass is 10.1. The van der Waals surface area contributed by atoms with Crippen LogP contribution in [0.5, 0.6) is 0 Å². The van der Waals surface area contributed by atoms with Gasteiger partial charge in [0.15, 0.2) is 0 Å². The molecule has 2 heterocycles. The number of allylic oxidation sites excluding steroid dienone is 8. The van der Waals surface area contributed by atoms with E-state index in [0.717, 1.165) is 11.5 Å². The molecule has 2 nitrogen and oxygen atoms in total. The first-order chi connectivity index (χ1) is 12.8. The summed E-state index contributed by atoms with van der Waals surface area (Å²) in [5.41, 5.74) is 5.36. The van der Waals surface area contributed by atoms with Crippen LogP contribution in [0.3, 0.4) is 0 Å². The lowest BCUT2D eigenvalue weighted by Crippen LogP contribution is -2.37. The number of hydrogen-bond donors (Lipinski definition) is 0. The maximum atomic E-state index is 5.71. The second kappa shape index (κ2) is 6.41. The van der Waals surface area contributed by atoms with Crippen molar-refractivity contribution in [2.45, 2.75) is 40.8 Å². The Labute approximate surface area is 163 Å². The Kier molecular flexibility index (Phi) is 4.30. The highest BCUT2D eigenvalue weighted by molar-refractivity contribution is 6.91. The molecule has 2 aliphatic rings. The van der Waals surface area contributed by atoms with Crippen molar-refractivity contribution in [2.75, 3.05) is 0 Å². The molecule has 0 aliphatic heterocycles. The third kappa shape index (κ3) is 2.76. The van der Waals surface area contributed by atoms with E-state index in [1.807, 2.05) is 12.1 Å². The van der Waals surface area contributed by atoms with Crippen LogP contribution in [0.2, 0.25) is 13.1 Å². The van der Waals surface area contributed by atoms with Crippen LogP contribution in [0.1, 0.15) is 39.2 Å². The first kappa shape index (κ1) is 18.1. The highest BCUT2D eigenvalue weighted by atomic mass is 28.3. The predicted molar refractivity (Wildman–Crippen MR) is 115 cm³/mol. The predicted octanol–water partition coefficient (Wildman–Crippen LogP) is 7.06. The van der Waals surface area contributed by atoms with Gasteiger partial charge in [-0.1, -0.05) is 49.5 Å². The normalized spacial score (nSPS) is 23.3. The summed E-state index contributed by atoms with van der Waals surface area (Å²) in [5, 5.41) is 3.26. The van der Waals surface area contributed by atoms with Gasteiger partial charge in [-0.15, -0.1) is 0 Å². The third-order valence-electron chi connectivity index (χ3n) is 6.28. The molecule has 2 aliphatic carbocycles. The van der Waals surface area contributed by atoms with E-state index < -0.39 is 8.07 Å². The summed E-state index contributed by atoms with van der Waals surface area (Å²) in [4.78, 5) is 0. The Morgan fingerprint density at radius 2 is 1.15 bits per heavy atom. The zero-order valence-electron chi connectivity index (χ0n) is 17.1. The molecule has 4 rings (SSSR count). The fourth-order valence-corrected chi connectivity index (χ4v) is 10.4. The van der Waals surface area contributed by atoms with Gasteiger partial charge in [-0.05, 0) is 61.1 Å². The average Bonchev–Trinajstić information content (AvgIpc) is 3.35. The van der Waals surface area contributed by atoms with Crippen molar-refractivity contribution >= 4 is 19.2 Å². The first-order valence-corrected chi connectivity index (χ1v) is 12.8. The van der Waals surface area contributed by atoms with E-state index in [-0.39, 0.29) is 0 Å². The van der Waals surface area contributed by atoms with Crippen LogP contribution in [0, 0.1) is 11.8 Å². The van der Waals surface area contributed by atoms with Crippen molar-refractivity contribution in [1.82, 2.24) is 0 Å². The van der Waals surface area contributed by atoms with Crippen LogP contribution in [-0.2, 0) is 0 Å². The van der Waals surface area contributed by atoms with E-state index >= 15 is 0 Å². The molecule has 0 aromatic carbocycles. The van der Waals surface area contributed by atoms with Gasteiger partial charge in [0.1, 0.15) is 19.6 Å². The molecule has 0 radical (unpaired) electrons. The smallest absolute Gasteiger partial charge is 0.133 e. The number of rotatable bonds is 4. The molecule has 0 spiro atoms. The van der Waals surface area contributed by atoms with Crippen LogP contribution in [0.25, 0.3) is 11.1 Å². The summed E-state index contributed by atoms with van der Waals surface area (Å²) in [7, 11) is -1.83. The second-order valence-electron chi connectivity index (χ2n) is 8.39. The number of hydrogen-bond acceptors (Lipinski definition) is 2. The van der Waals surface area contributed by atoms with Gasteiger partial charge in [0, 0.05) is 11.1 Å². The fourth-order valence-electron chi connectivity index (χ4n) is 5.51. The monoisotopic (exact) mass is 376 g/mol. The van der Waals surface area contributed by atoms with Crippen molar-refractivity contribution in [2.24, 2.45) is 11.8 Å². The largest absolute Gasteiger partial charge is 0.464 e. The lowest BCUT2D eigenvalue weighted by Gasteiger charge is -2.33. The molecule has 3 heteroatoms. The van der Waals surface area contributed by atoms with Crippen molar-refractivity contribution in [3.8, 4) is 0 Å². The van der Waals surface area contributed by atoms with Gasteiger partial charge in [-0.25, -0.2) is 0 Å². The summed E-state index contributed by atoms with van der Waals surface area (Å²) in [5.74, 6) is 2.87. The van der Waals surface area contributed by atoms with Gasteiger partial charge in [0.25, 0.3) is 0 Å². The van der Waals surface area contributed by atoms with E-state index in [9.17, 15) is 0 Å². The summed E-state index contributed by atoms with van der Waals surface area (Å²) in [6, 6.07) is 8.08. The molecule has 0 saturated carbocycles. The molecule has 2 aromatic heterocycles. The minimum Gasteiger partial charge on any atom is -0.464 e. The minimum absolute atomic E-state index is 0.451. The molecule has 0 saturated heterocycles.